The second-order valence-corrected chi connectivity index (χ2v) is 5.66. The molecule has 0 spiro atoms. The number of hydrogen-bond acceptors (Lipinski definition) is 2. The van der Waals surface area contributed by atoms with Crippen LogP contribution in [0.15, 0.2) is 24.3 Å². The van der Waals surface area contributed by atoms with Gasteiger partial charge in [0.05, 0.1) is 11.8 Å². The zero-order valence-electron chi connectivity index (χ0n) is 12.8. The average Bonchev–Trinajstić information content (AvgIpc) is 2.68. The van der Waals surface area contributed by atoms with Crippen LogP contribution in [-0.4, -0.2) is 21.0 Å². The first-order chi connectivity index (χ1) is 9.47. The monoisotopic (exact) mass is 272 g/mol. The van der Waals surface area contributed by atoms with Crippen molar-refractivity contribution in [1.29, 1.82) is 0 Å². The number of hydrogen-bond donors (Lipinski definition) is 1. The van der Waals surface area contributed by atoms with Gasteiger partial charge in [-0.05, 0) is 38.3 Å². The molecule has 0 aliphatic carbocycles. The smallest absolute Gasteiger partial charge is 0.0635 e. The van der Waals surface area contributed by atoms with E-state index in [4.69, 9.17) is 0 Å². The number of aliphatic hydroxyl groups excluding tert-OH is 1. The van der Waals surface area contributed by atoms with E-state index in [1.165, 1.54) is 16.7 Å². The molecular weight excluding hydrogens is 248 g/mol. The van der Waals surface area contributed by atoms with Crippen molar-refractivity contribution >= 4 is 0 Å². The lowest BCUT2D eigenvalue weighted by molar-refractivity contribution is 0.173. The topological polar surface area (TPSA) is 38.0 Å². The standard InChI is InChI=1S/C17H24N2O/c1-5-15-10-16(19(4)18-15)11-17(20)9-14-7-12(2)6-13(3)8-14/h6-8,10,17,20H,5,9,11H2,1-4H3. The number of aryl methyl sites for hydroxylation is 4. The molecule has 2 rings (SSSR count). The summed E-state index contributed by atoms with van der Waals surface area (Å²) >= 11 is 0. The molecule has 3 nitrogen and oxygen atoms in total. The summed E-state index contributed by atoms with van der Waals surface area (Å²) in [5, 5.41) is 14.7. The third-order valence-corrected chi connectivity index (χ3v) is 3.59. The van der Waals surface area contributed by atoms with Crippen LogP contribution in [0.2, 0.25) is 0 Å². The molecule has 1 aromatic heterocycles. The van der Waals surface area contributed by atoms with Crippen LogP contribution in [0.1, 0.15) is 35.0 Å². The molecule has 0 aliphatic rings. The predicted octanol–water partition coefficient (Wildman–Crippen LogP) is 2.75. The maximum Gasteiger partial charge on any atom is 0.0635 e. The second kappa shape index (κ2) is 6.23. The van der Waals surface area contributed by atoms with Crippen molar-refractivity contribution < 1.29 is 5.11 Å². The predicted molar refractivity (Wildman–Crippen MR) is 81.9 cm³/mol. The van der Waals surface area contributed by atoms with Crippen LogP contribution < -0.4 is 0 Å². The quantitative estimate of drug-likeness (QED) is 0.909. The van der Waals surface area contributed by atoms with E-state index in [0.717, 1.165) is 17.8 Å². The van der Waals surface area contributed by atoms with E-state index >= 15 is 0 Å². The molecular formula is C17H24N2O. The molecule has 3 heteroatoms. The Bertz CT molecular complexity index is 566. The van der Waals surface area contributed by atoms with Gasteiger partial charge < -0.3 is 5.11 Å². The Labute approximate surface area is 121 Å². The number of aliphatic hydroxyl groups is 1. The maximum absolute atomic E-state index is 10.3. The van der Waals surface area contributed by atoms with Crippen molar-refractivity contribution in [1.82, 2.24) is 9.78 Å². The molecule has 20 heavy (non-hydrogen) atoms. The molecule has 0 saturated carbocycles. The summed E-state index contributed by atoms with van der Waals surface area (Å²) in [4.78, 5) is 0. The average molecular weight is 272 g/mol. The van der Waals surface area contributed by atoms with Gasteiger partial charge >= 0.3 is 0 Å². The van der Waals surface area contributed by atoms with Crippen LogP contribution in [0.4, 0.5) is 0 Å². The zero-order valence-corrected chi connectivity index (χ0v) is 12.8. The number of aromatic nitrogens is 2. The van der Waals surface area contributed by atoms with Crippen LogP contribution in [-0.2, 0) is 26.3 Å². The fourth-order valence-corrected chi connectivity index (χ4v) is 2.71. The van der Waals surface area contributed by atoms with Crippen molar-refractivity contribution in [3.63, 3.8) is 0 Å². The summed E-state index contributed by atoms with van der Waals surface area (Å²) in [5.41, 5.74) is 5.88. The molecule has 1 aromatic carbocycles. The molecule has 0 amide bonds. The summed E-state index contributed by atoms with van der Waals surface area (Å²) in [6, 6.07) is 8.54. The van der Waals surface area contributed by atoms with Gasteiger partial charge in [0.1, 0.15) is 0 Å². The number of rotatable bonds is 5. The second-order valence-electron chi connectivity index (χ2n) is 5.66. The van der Waals surface area contributed by atoms with Crippen LogP contribution in [0.3, 0.4) is 0 Å². The van der Waals surface area contributed by atoms with E-state index in [-0.39, 0.29) is 6.10 Å². The molecule has 1 heterocycles. The van der Waals surface area contributed by atoms with E-state index in [2.05, 4.69) is 50.1 Å². The Morgan fingerprint density at radius 3 is 2.30 bits per heavy atom. The lowest BCUT2D eigenvalue weighted by Crippen LogP contribution is -2.16. The minimum atomic E-state index is -0.365. The number of nitrogens with zero attached hydrogens (tertiary/aromatic N) is 2. The third-order valence-electron chi connectivity index (χ3n) is 3.59. The number of benzene rings is 1. The third kappa shape index (κ3) is 3.70. The Balaban J connectivity index is 2.04. The summed E-state index contributed by atoms with van der Waals surface area (Å²) in [6.07, 6.45) is 1.91. The molecule has 0 radical (unpaired) electrons. The molecule has 1 unspecified atom stereocenters. The van der Waals surface area contributed by atoms with Gasteiger partial charge in [0.25, 0.3) is 0 Å². The lowest BCUT2D eigenvalue weighted by Gasteiger charge is -2.12. The fraction of sp³-hybridized carbons (Fsp3) is 0.471. The van der Waals surface area contributed by atoms with Gasteiger partial charge in [-0.2, -0.15) is 5.10 Å². The minimum absolute atomic E-state index is 0.365. The Kier molecular flexibility index (Phi) is 4.61. The van der Waals surface area contributed by atoms with Gasteiger partial charge in [-0.15, -0.1) is 0 Å². The van der Waals surface area contributed by atoms with Crippen LogP contribution >= 0.6 is 0 Å². The van der Waals surface area contributed by atoms with Crippen molar-refractivity contribution in [3.8, 4) is 0 Å². The first-order valence-corrected chi connectivity index (χ1v) is 7.25. The molecule has 108 valence electrons. The molecule has 0 fully saturated rings. The maximum atomic E-state index is 10.3. The zero-order chi connectivity index (χ0) is 14.7. The Morgan fingerprint density at radius 1 is 1.10 bits per heavy atom. The molecule has 1 atom stereocenters. The first kappa shape index (κ1) is 14.8. The largest absolute Gasteiger partial charge is 0.392 e. The molecule has 1 N–H and O–H groups in total. The van der Waals surface area contributed by atoms with Gasteiger partial charge in [0, 0.05) is 19.2 Å². The Morgan fingerprint density at radius 2 is 1.75 bits per heavy atom. The highest BCUT2D eigenvalue weighted by atomic mass is 16.3. The van der Waals surface area contributed by atoms with Gasteiger partial charge in [-0.3, -0.25) is 4.68 Å². The van der Waals surface area contributed by atoms with Crippen LogP contribution in [0, 0.1) is 13.8 Å². The minimum Gasteiger partial charge on any atom is -0.392 e. The summed E-state index contributed by atoms with van der Waals surface area (Å²) in [5.74, 6) is 0. The fourth-order valence-electron chi connectivity index (χ4n) is 2.71. The summed E-state index contributed by atoms with van der Waals surface area (Å²) in [6.45, 7) is 6.28. The van der Waals surface area contributed by atoms with Crippen molar-refractivity contribution in [3.05, 3.63) is 52.3 Å². The normalized spacial score (nSPS) is 12.7. The molecule has 0 bridgehead atoms. The highest BCUT2D eigenvalue weighted by molar-refractivity contribution is 5.29. The lowest BCUT2D eigenvalue weighted by atomic mass is 10.0. The van der Waals surface area contributed by atoms with Gasteiger partial charge in [0.15, 0.2) is 0 Å². The van der Waals surface area contributed by atoms with Crippen molar-refractivity contribution in [2.24, 2.45) is 7.05 Å². The van der Waals surface area contributed by atoms with E-state index in [9.17, 15) is 5.11 Å². The van der Waals surface area contributed by atoms with Crippen molar-refractivity contribution in [2.45, 2.75) is 46.1 Å². The van der Waals surface area contributed by atoms with Crippen LogP contribution in [0.25, 0.3) is 0 Å². The van der Waals surface area contributed by atoms with Gasteiger partial charge in [-0.25, -0.2) is 0 Å². The SMILES string of the molecule is CCc1cc(CC(O)Cc2cc(C)cc(C)c2)n(C)n1. The summed E-state index contributed by atoms with van der Waals surface area (Å²) in [7, 11) is 1.94. The van der Waals surface area contributed by atoms with E-state index < -0.39 is 0 Å². The molecule has 2 aromatic rings. The highest BCUT2D eigenvalue weighted by Crippen LogP contribution is 2.14. The molecule has 0 saturated heterocycles. The van der Waals surface area contributed by atoms with Gasteiger partial charge in [-0.1, -0.05) is 36.2 Å². The highest BCUT2D eigenvalue weighted by Gasteiger charge is 2.11. The summed E-state index contributed by atoms with van der Waals surface area (Å²) < 4.78 is 1.88. The van der Waals surface area contributed by atoms with E-state index in [0.29, 0.717) is 12.8 Å². The van der Waals surface area contributed by atoms with E-state index in [1.807, 2.05) is 11.7 Å². The van der Waals surface area contributed by atoms with Gasteiger partial charge in [0.2, 0.25) is 0 Å². The van der Waals surface area contributed by atoms with Crippen molar-refractivity contribution in [2.75, 3.05) is 0 Å². The molecule has 0 aliphatic heterocycles. The first-order valence-electron chi connectivity index (χ1n) is 7.25. The van der Waals surface area contributed by atoms with E-state index in [1.54, 1.807) is 0 Å². The van der Waals surface area contributed by atoms with Crippen LogP contribution in [0.5, 0.6) is 0 Å². The Hall–Kier alpha value is -1.61.